The molecule has 18 heavy (non-hydrogen) atoms. The summed E-state index contributed by atoms with van der Waals surface area (Å²) in [5, 5.41) is 6.54. The maximum absolute atomic E-state index is 12.3. The average molecular weight is 246 g/mol. The van der Waals surface area contributed by atoms with Crippen LogP contribution in [0.5, 0.6) is 0 Å². The molecule has 0 radical (unpaired) electrons. The highest BCUT2D eigenvalue weighted by atomic mass is 16.1. The van der Waals surface area contributed by atoms with Crippen molar-refractivity contribution < 1.29 is 4.79 Å². The van der Waals surface area contributed by atoms with Crippen molar-refractivity contribution in [2.24, 2.45) is 0 Å². The van der Waals surface area contributed by atoms with Gasteiger partial charge in [-0.3, -0.25) is 4.79 Å². The van der Waals surface area contributed by atoms with Crippen molar-refractivity contribution in [1.29, 1.82) is 0 Å². The summed E-state index contributed by atoms with van der Waals surface area (Å²) in [7, 11) is 0. The molecule has 1 amide bonds. The second kappa shape index (κ2) is 5.53. The van der Waals surface area contributed by atoms with E-state index in [0.717, 1.165) is 30.5 Å². The molecule has 0 unspecified atom stereocenters. The molecular weight excluding hydrogens is 224 g/mol. The summed E-state index contributed by atoms with van der Waals surface area (Å²) < 4.78 is 0. The Hall–Kier alpha value is -1.35. The minimum atomic E-state index is 0.0491. The van der Waals surface area contributed by atoms with E-state index in [-0.39, 0.29) is 11.9 Å². The van der Waals surface area contributed by atoms with Gasteiger partial charge < -0.3 is 10.6 Å². The summed E-state index contributed by atoms with van der Waals surface area (Å²) in [5.74, 6) is 0.0491. The Kier molecular flexibility index (Phi) is 4.02. The monoisotopic (exact) mass is 246 g/mol. The van der Waals surface area contributed by atoms with Crippen LogP contribution in [0.4, 0.5) is 0 Å². The highest BCUT2D eigenvalue weighted by Crippen LogP contribution is 2.13. The van der Waals surface area contributed by atoms with E-state index in [1.165, 1.54) is 5.56 Å². The fourth-order valence-corrected chi connectivity index (χ4v) is 2.56. The van der Waals surface area contributed by atoms with Gasteiger partial charge in [-0.1, -0.05) is 17.7 Å². The third kappa shape index (κ3) is 2.91. The molecule has 1 fully saturated rings. The van der Waals surface area contributed by atoms with Gasteiger partial charge in [0.25, 0.3) is 5.91 Å². The van der Waals surface area contributed by atoms with Gasteiger partial charge in [-0.2, -0.15) is 0 Å². The highest BCUT2D eigenvalue weighted by Gasteiger charge is 2.23. The van der Waals surface area contributed by atoms with Crippen LogP contribution >= 0.6 is 0 Å². The molecule has 3 nitrogen and oxygen atoms in total. The molecule has 2 N–H and O–H groups in total. The molecule has 98 valence electrons. The van der Waals surface area contributed by atoms with Gasteiger partial charge in [0, 0.05) is 17.6 Å². The minimum Gasteiger partial charge on any atom is -0.348 e. The van der Waals surface area contributed by atoms with E-state index in [2.05, 4.69) is 23.6 Å². The molecule has 1 aliphatic rings. The second-order valence-electron chi connectivity index (χ2n) is 5.28. The van der Waals surface area contributed by atoms with Crippen molar-refractivity contribution in [1.82, 2.24) is 10.6 Å². The third-order valence-corrected chi connectivity index (χ3v) is 3.70. The molecule has 1 heterocycles. The number of hydrogen-bond donors (Lipinski definition) is 2. The fraction of sp³-hybridized carbons (Fsp3) is 0.533. The van der Waals surface area contributed by atoms with Gasteiger partial charge in [0.1, 0.15) is 0 Å². The van der Waals surface area contributed by atoms with Gasteiger partial charge >= 0.3 is 0 Å². The predicted octanol–water partition coefficient (Wildman–Crippen LogP) is 2.17. The number of amides is 1. The predicted molar refractivity (Wildman–Crippen MR) is 73.9 cm³/mol. The van der Waals surface area contributed by atoms with E-state index >= 15 is 0 Å². The molecule has 0 aliphatic carbocycles. The lowest BCUT2D eigenvalue weighted by molar-refractivity contribution is 0.0919. The molecule has 1 saturated heterocycles. The standard InChI is InChI=1S/C15H22N2O/c1-10-6-7-13(11(2)9-10)15(18)17-14-5-4-8-16-12(14)3/h6-7,9,12,14,16H,4-5,8H2,1-3H3,(H,17,18)/t12-,14+/m1/s1. The van der Waals surface area contributed by atoms with Crippen LogP contribution in [-0.2, 0) is 0 Å². The molecule has 0 saturated carbocycles. The maximum atomic E-state index is 12.3. The first-order valence-electron chi connectivity index (χ1n) is 6.69. The molecular formula is C15H22N2O. The van der Waals surface area contributed by atoms with Crippen molar-refractivity contribution in [3.63, 3.8) is 0 Å². The van der Waals surface area contributed by atoms with Gasteiger partial charge in [-0.05, 0) is 51.8 Å². The van der Waals surface area contributed by atoms with Crippen LogP contribution in [0.1, 0.15) is 41.3 Å². The third-order valence-electron chi connectivity index (χ3n) is 3.70. The number of nitrogens with one attached hydrogen (secondary N) is 2. The Morgan fingerprint density at radius 3 is 2.83 bits per heavy atom. The summed E-state index contributed by atoms with van der Waals surface area (Å²) in [5.41, 5.74) is 3.03. The van der Waals surface area contributed by atoms with E-state index in [9.17, 15) is 4.79 Å². The summed E-state index contributed by atoms with van der Waals surface area (Å²) in [4.78, 5) is 12.3. The van der Waals surface area contributed by atoms with Crippen LogP contribution in [0.3, 0.4) is 0 Å². The number of benzene rings is 1. The first kappa shape index (κ1) is 13.1. The zero-order chi connectivity index (χ0) is 13.1. The van der Waals surface area contributed by atoms with Crippen LogP contribution in [-0.4, -0.2) is 24.5 Å². The Morgan fingerprint density at radius 1 is 1.39 bits per heavy atom. The number of piperidine rings is 1. The molecule has 2 atom stereocenters. The van der Waals surface area contributed by atoms with Crippen LogP contribution in [0.25, 0.3) is 0 Å². The van der Waals surface area contributed by atoms with E-state index < -0.39 is 0 Å². The normalized spacial score (nSPS) is 23.7. The molecule has 3 heteroatoms. The van der Waals surface area contributed by atoms with E-state index in [1.807, 2.05) is 26.0 Å². The lowest BCUT2D eigenvalue weighted by Crippen LogP contribution is -2.52. The highest BCUT2D eigenvalue weighted by molar-refractivity contribution is 5.95. The molecule has 1 aromatic carbocycles. The lowest BCUT2D eigenvalue weighted by Gasteiger charge is -2.30. The van der Waals surface area contributed by atoms with Gasteiger partial charge in [0.05, 0.1) is 0 Å². The number of aryl methyl sites for hydroxylation is 2. The number of rotatable bonds is 2. The summed E-state index contributed by atoms with van der Waals surface area (Å²) in [6.45, 7) is 7.22. The van der Waals surface area contributed by atoms with Crippen LogP contribution < -0.4 is 10.6 Å². The van der Waals surface area contributed by atoms with Crippen molar-refractivity contribution in [3.8, 4) is 0 Å². The van der Waals surface area contributed by atoms with E-state index in [0.29, 0.717) is 6.04 Å². The van der Waals surface area contributed by atoms with Gasteiger partial charge in [-0.25, -0.2) is 0 Å². The number of carbonyl (C=O) groups excluding carboxylic acids is 1. The summed E-state index contributed by atoms with van der Waals surface area (Å²) in [6, 6.07) is 6.56. The molecule has 0 bridgehead atoms. The maximum Gasteiger partial charge on any atom is 0.251 e. The van der Waals surface area contributed by atoms with Crippen LogP contribution in [0.2, 0.25) is 0 Å². The minimum absolute atomic E-state index is 0.0491. The van der Waals surface area contributed by atoms with Crippen molar-refractivity contribution >= 4 is 5.91 Å². The van der Waals surface area contributed by atoms with Gasteiger partial charge in [0.15, 0.2) is 0 Å². The topological polar surface area (TPSA) is 41.1 Å². The first-order valence-corrected chi connectivity index (χ1v) is 6.69. The molecule has 1 aliphatic heterocycles. The zero-order valence-electron chi connectivity index (χ0n) is 11.4. The Morgan fingerprint density at radius 2 is 2.17 bits per heavy atom. The largest absolute Gasteiger partial charge is 0.348 e. The lowest BCUT2D eigenvalue weighted by atomic mass is 9.98. The van der Waals surface area contributed by atoms with E-state index in [4.69, 9.17) is 0 Å². The quantitative estimate of drug-likeness (QED) is 0.839. The fourth-order valence-electron chi connectivity index (χ4n) is 2.56. The Bertz CT molecular complexity index is 442. The van der Waals surface area contributed by atoms with Gasteiger partial charge in [0.2, 0.25) is 0 Å². The Balaban J connectivity index is 2.07. The average Bonchev–Trinajstić information content (AvgIpc) is 2.32. The van der Waals surface area contributed by atoms with E-state index in [1.54, 1.807) is 0 Å². The SMILES string of the molecule is Cc1ccc(C(=O)N[C@H]2CCCN[C@@H]2C)c(C)c1. The zero-order valence-corrected chi connectivity index (χ0v) is 11.4. The number of carbonyl (C=O) groups is 1. The van der Waals surface area contributed by atoms with Crippen molar-refractivity contribution in [3.05, 3.63) is 34.9 Å². The molecule has 1 aromatic rings. The smallest absolute Gasteiger partial charge is 0.251 e. The van der Waals surface area contributed by atoms with Gasteiger partial charge in [-0.15, -0.1) is 0 Å². The summed E-state index contributed by atoms with van der Waals surface area (Å²) >= 11 is 0. The van der Waals surface area contributed by atoms with Crippen LogP contribution in [0, 0.1) is 13.8 Å². The summed E-state index contributed by atoms with van der Waals surface area (Å²) in [6.07, 6.45) is 2.19. The second-order valence-corrected chi connectivity index (χ2v) is 5.28. The number of hydrogen-bond acceptors (Lipinski definition) is 2. The molecule has 2 rings (SSSR count). The van der Waals surface area contributed by atoms with Crippen LogP contribution in [0.15, 0.2) is 18.2 Å². The molecule has 0 spiro atoms. The van der Waals surface area contributed by atoms with Crippen molar-refractivity contribution in [2.45, 2.75) is 45.7 Å². The van der Waals surface area contributed by atoms with Crippen molar-refractivity contribution in [2.75, 3.05) is 6.54 Å². The molecule has 0 aromatic heterocycles. The first-order chi connectivity index (χ1) is 8.58. The Labute approximate surface area is 109 Å².